The van der Waals surface area contributed by atoms with Gasteiger partial charge in [0.05, 0.1) is 0 Å². The number of nitrogens with zero attached hydrogens (tertiary/aromatic N) is 4. The Kier molecular flexibility index (Phi) is 2.83. The summed E-state index contributed by atoms with van der Waals surface area (Å²) in [5, 5.41) is 0.751. The van der Waals surface area contributed by atoms with Gasteiger partial charge in [0.25, 0.3) is 0 Å². The molecule has 0 fully saturated rings. The molecule has 2 aliphatic rings. The zero-order valence-corrected chi connectivity index (χ0v) is 9.18. The molecular formula is C8H8N4S2. The standard InChI is InChI=1S/C8H8N4S2/c1-2-14-8-9-3-5-6(12-8)10-4-11-7(5)13/h3-5H,2H2,1H3. The Bertz CT molecular complexity index is 381. The second-order valence-electron chi connectivity index (χ2n) is 2.65. The largest absolute Gasteiger partial charge is 0.234 e. The van der Waals surface area contributed by atoms with Crippen molar-refractivity contribution in [2.24, 2.45) is 25.9 Å². The van der Waals surface area contributed by atoms with Crippen molar-refractivity contribution in [3.63, 3.8) is 0 Å². The normalized spacial score (nSPS) is 24.4. The van der Waals surface area contributed by atoms with E-state index in [-0.39, 0.29) is 5.92 Å². The predicted octanol–water partition coefficient (Wildman–Crippen LogP) is 1.56. The van der Waals surface area contributed by atoms with Crippen LogP contribution in [0.1, 0.15) is 6.92 Å². The highest BCUT2D eigenvalue weighted by Gasteiger charge is 2.24. The summed E-state index contributed by atoms with van der Waals surface area (Å²) in [6, 6.07) is 0. The van der Waals surface area contributed by atoms with Crippen molar-refractivity contribution in [3.05, 3.63) is 0 Å². The van der Waals surface area contributed by atoms with Gasteiger partial charge in [-0.05, 0) is 5.75 Å². The maximum atomic E-state index is 5.06. The van der Waals surface area contributed by atoms with Crippen LogP contribution in [0.2, 0.25) is 0 Å². The fraction of sp³-hybridized carbons (Fsp3) is 0.375. The Hall–Kier alpha value is -0.880. The summed E-state index contributed by atoms with van der Waals surface area (Å²) in [6.45, 7) is 2.06. The van der Waals surface area contributed by atoms with Crippen LogP contribution in [0.4, 0.5) is 0 Å². The van der Waals surface area contributed by atoms with Gasteiger partial charge in [0.1, 0.15) is 23.1 Å². The van der Waals surface area contributed by atoms with Crippen LogP contribution >= 0.6 is 24.0 Å². The molecule has 0 aromatic rings. The van der Waals surface area contributed by atoms with Crippen molar-refractivity contribution < 1.29 is 0 Å². The Morgan fingerprint density at radius 1 is 1.50 bits per heavy atom. The average molecular weight is 224 g/mol. The highest BCUT2D eigenvalue weighted by atomic mass is 32.2. The number of thioether (sulfide) groups is 1. The van der Waals surface area contributed by atoms with Gasteiger partial charge in [0, 0.05) is 6.21 Å². The predicted molar refractivity (Wildman–Crippen MR) is 66.1 cm³/mol. The van der Waals surface area contributed by atoms with Crippen LogP contribution in [0.3, 0.4) is 0 Å². The first-order valence-electron chi connectivity index (χ1n) is 4.21. The molecule has 0 spiro atoms. The van der Waals surface area contributed by atoms with E-state index in [4.69, 9.17) is 12.2 Å². The Morgan fingerprint density at radius 3 is 3.14 bits per heavy atom. The number of aliphatic imine (C=N–C) groups is 4. The molecule has 1 unspecified atom stereocenters. The van der Waals surface area contributed by atoms with E-state index >= 15 is 0 Å². The third-order valence-corrected chi connectivity index (χ3v) is 2.84. The van der Waals surface area contributed by atoms with Gasteiger partial charge in [-0.1, -0.05) is 30.9 Å². The molecule has 0 N–H and O–H groups in total. The lowest BCUT2D eigenvalue weighted by atomic mass is 10.1. The molecule has 0 aromatic heterocycles. The van der Waals surface area contributed by atoms with Crippen LogP contribution in [0.25, 0.3) is 0 Å². The van der Waals surface area contributed by atoms with Crippen LogP contribution in [-0.4, -0.2) is 34.3 Å². The minimum atomic E-state index is -0.101. The van der Waals surface area contributed by atoms with Crippen molar-refractivity contribution in [1.82, 2.24) is 0 Å². The highest BCUT2D eigenvalue weighted by Crippen LogP contribution is 2.16. The van der Waals surface area contributed by atoms with Crippen molar-refractivity contribution in [2.45, 2.75) is 6.92 Å². The van der Waals surface area contributed by atoms with E-state index in [0.29, 0.717) is 10.8 Å². The second kappa shape index (κ2) is 4.10. The van der Waals surface area contributed by atoms with E-state index in [2.05, 4.69) is 26.9 Å². The number of amidine groups is 2. The maximum Gasteiger partial charge on any atom is 0.188 e. The molecular weight excluding hydrogens is 216 g/mol. The quantitative estimate of drug-likeness (QED) is 0.635. The van der Waals surface area contributed by atoms with Gasteiger partial charge in [-0.2, -0.15) is 0 Å². The van der Waals surface area contributed by atoms with E-state index in [1.807, 2.05) is 0 Å². The topological polar surface area (TPSA) is 49.4 Å². The molecule has 0 aromatic carbocycles. The SMILES string of the molecule is CCSC1=NC2=NC=NC(=S)C2C=N1. The molecule has 14 heavy (non-hydrogen) atoms. The minimum absolute atomic E-state index is 0.101. The molecule has 0 amide bonds. The summed E-state index contributed by atoms with van der Waals surface area (Å²) < 4.78 is 0. The van der Waals surface area contributed by atoms with Gasteiger partial charge in [0.15, 0.2) is 5.17 Å². The molecule has 2 aliphatic heterocycles. The molecule has 2 heterocycles. The summed E-state index contributed by atoms with van der Waals surface area (Å²) in [7, 11) is 0. The molecule has 4 nitrogen and oxygen atoms in total. The fourth-order valence-corrected chi connectivity index (χ4v) is 1.87. The van der Waals surface area contributed by atoms with E-state index in [1.54, 1.807) is 18.0 Å². The number of hydrogen-bond donors (Lipinski definition) is 0. The maximum absolute atomic E-state index is 5.06. The smallest absolute Gasteiger partial charge is 0.188 e. The second-order valence-corrected chi connectivity index (χ2v) is 4.30. The van der Waals surface area contributed by atoms with E-state index in [0.717, 1.165) is 10.9 Å². The first-order valence-corrected chi connectivity index (χ1v) is 5.60. The first kappa shape index (κ1) is 9.67. The summed E-state index contributed by atoms with van der Waals surface area (Å²) >= 11 is 6.65. The zero-order valence-electron chi connectivity index (χ0n) is 7.54. The lowest BCUT2D eigenvalue weighted by Crippen LogP contribution is -2.28. The van der Waals surface area contributed by atoms with E-state index in [1.165, 1.54) is 6.34 Å². The zero-order chi connectivity index (χ0) is 9.97. The van der Waals surface area contributed by atoms with Crippen molar-refractivity contribution in [2.75, 3.05) is 5.75 Å². The Morgan fingerprint density at radius 2 is 2.36 bits per heavy atom. The van der Waals surface area contributed by atoms with Crippen molar-refractivity contribution >= 4 is 52.5 Å². The molecule has 2 rings (SSSR count). The first-order chi connectivity index (χ1) is 6.81. The Balaban J connectivity index is 2.26. The van der Waals surface area contributed by atoms with Crippen molar-refractivity contribution in [1.29, 1.82) is 0 Å². The minimum Gasteiger partial charge on any atom is -0.234 e. The number of hydrogen-bond acceptors (Lipinski definition) is 5. The summed E-state index contributed by atoms with van der Waals surface area (Å²) in [5.41, 5.74) is 0. The molecule has 0 saturated carbocycles. The van der Waals surface area contributed by atoms with Crippen LogP contribution in [-0.2, 0) is 0 Å². The third kappa shape index (κ3) is 1.80. The van der Waals surface area contributed by atoms with Crippen molar-refractivity contribution in [3.8, 4) is 0 Å². The molecule has 0 saturated heterocycles. The average Bonchev–Trinajstić information content (AvgIpc) is 2.18. The number of fused-ring (bicyclic) bond motifs is 1. The van der Waals surface area contributed by atoms with Gasteiger partial charge in [-0.25, -0.2) is 20.0 Å². The summed E-state index contributed by atoms with van der Waals surface area (Å²) in [6.07, 6.45) is 3.22. The van der Waals surface area contributed by atoms with Gasteiger partial charge in [-0.3, -0.25) is 0 Å². The van der Waals surface area contributed by atoms with Crippen LogP contribution in [0.15, 0.2) is 20.0 Å². The molecule has 0 aliphatic carbocycles. The lowest BCUT2D eigenvalue weighted by Gasteiger charge is -2.16. The summed E-state index contributed by atoms with van der Waals surface area (Å²) in [5.74, 6) is 1.55. The van der Waals surface area contributed by atoms with E-state index < -0.39 is 0 Å². The van der Waals surface area contributed by atoms with Gasteiger partial charge in [0.2, 0.25) is 0 Å². The molecule has 1 atom stereocenters. The van der Waals surface area contributed by atoms with E-state index in [9.17, 15) is 0 Å². The third-order valence-electron chi connectivity index (χ3n) is 1.74. The summed E-state index contributed by atoms with van der Waals surface area (Å²) in [4.78, 5) is 17.1. The van der Waals surface area contributed by atoms with Gasteiger partial charge < -0.3 is 0 Å². The van der Waals surface area contributed by atoms with Crippen LogP contribution < -0.4 is 0 Å². The van der Waals surface area contributed by atoms with Crippen LogP contribution in [0, 0.1) is 5.92 Å². The molecule has 72 valence electrons. The van der Waals surface area contributed by atoms with Gasteiger partial charge >= 0.3 is 0 Å². The Labute approximate surface area is 91.3 Å². The fourth-order valence-electron chi connectivity index (χ4n) is 1.11. The molecule has 6 heteroatoms. The van der Waals surface area contributed by atoms with Crippen LogP contribution in [0.5, 0.6) is 0 Å². The number of thiocarbonyl (C=S) groups is 1. The monoisotopic (exact) mass is 224 g/mol. The highest BCUT2D eigenvalue weighted by molar-refractivity contribution is 8.13. The molecule has 0 bridgehead atoms. The molecule has 0 radical (unpaired) electrons. The van der Waals surface area contributed by atoms with Gasteiger partial charge in [-0.15, -0.1) is 0 Å². The lowest BCUT2D eigenvalue weighted by molar-refractivity contribution is 1.22. The number of rotatable bonds is 1.